The quantitative estimate of drug-likeness (QED) is 0.771. The Labute approximate surface area is 120 Å². The molecule has 0 aliphatic heterocycles. The van der Waals surface area contributed by atoms with Crippen molar-refractivity contribution in [2.24, 2.45) is 0 Å². The van der Waals surface area contributed by atoms with Gasteiger partial charge in [-0.3, -0.25) is 14.2 Å². The first-order chi connectivity index (χ1) is 10.1. The standard InChI is InChI=1S/C15H14N4O2/c16-11-5-6-14(20)18(9-11)7-8-19-10-17-13-4-2-1-3-12(13)15(19)21/h1-6,9-10H,7-8,16H2. The molecule has 0 aliphatic rings. The van der Waals surface area contributed by atoms with Crippen LogP contribution in [0.25, 0.3) is 10.9 Å². The molecule has 0 saturated carbocycles. The summed E-state index contributed by atoms with van der Waals surface area (Å²) in [5, 5.41) is 0.569. The topological polar surface area (TPSA) is 82.9 Å². The van der Waals surface area contributed by atoms with E-state index in [0.717, 1.165) is 0 Å². The molecule has 2 heterocycles. The first kappa shape index (κ1) is 13.1. The first-order valence-electron chi connectivity index (χ1n) is 6.55. The first-order valence-corrected chi connectivity index (χ1v) is 6.55. The van der Waals surface area contributed by atoms with E-state index in [2.05, 4.69) is 4.98 Å². The van der Waals surface area contributed by atoms with Crippen LogP contribution in [0.2, 0.25) is 0 Å². The van der Waals surface area contributed by atoms with Crippen LogP contribution in [0.5, 0.6) is 0 Å². The number of aryl methyl sites for hydroxylation is 2. The van der Waals surface area contributed by atoms with Crippen molar-refractivity contribution in [3.05, 3.63) is 69.6 Å². The number of hydrogen-bond donors (Lipinski definition) is 1. The molecular formula is C15H14N4O2. The summed E-state index contributed by atoms with van der Waals surface area (Å²) in [6, 6.07) is 10.2. The summed E-state index contributed by atoms with van der Waals surface area (Å²) in [4.78, 5) is 28.3. The average Bonchev–Trinajstić information content (AvgIpc) is 2.50. The maximum atomic E-state index is 12.3. The zero-order chi connectivity index (χ0) is 14.8. The van der Waals surface area contributed by atoms with Gasteiger partial charge in [0.1, 0.15) is 0 Å². The fraction of sp³-hybridized carbons (Fsp3) is 0.133. The number of fused-ring (bicyclic) bond motifs is 1. The second-order valence-corrected chi connectivity index (χ2v) is 4.75. The molecule has 106 valence electrons. The summed E-state index contributed by atoms with van der Waals surface area (Å²) in [6.07, 6.45) is 3.07. The molecule has 0 bridgehead atoms. The predicted octanol–water partition coefficient (Wildman–Crippen LogP) is 0.841. The van der Waals surface area contributed by atoms with Gasteiger partial charge in [0.25, 0.3) is 11.1 Å². The lowest BCUT2D eigenvalue weighted by molar-refractivity contribution is 0.550. The van der Waals surface area contributed by atoms with Crippen LogP contribution in [0, 0.1) is 0 Å². The summed E-state index contributed by atoms with van der Waals surface area (Å²) in [7, 11) is 0. The maximum absolute atomic E-state index is 12.3. The molecule has 2 N–H and O–H groups in total. The van der Waals surface area contributed by atoms with E-state index in [4.69, 9.17) is 5.73 Å². The van der Waals surface area contributed by atoms with Crippen LogP contribution >= 0.6 is 0 Å². The smallest absolute Gasteiger partial charge is 0.261 e. The third-order valence-electron chi connectivity index (χ3n) is 3.32. The van der Waals surface area contributed by atoms with Gasteiger partial charge in [-0.2, -0.15) is 0 Å². The van der Waals surface area contributed by atoms with Gasteiger partial charge in [-0.05, 0) is 18.2 Å². The summed E-state index contributed by atoms with van der Waals surface area (Å²) < 4.78 is 2.98. The highest BCUT2D eigenvalue weighted by Gasteiger charge is 2.04. The lowest BCUT2D eigenvalue weighted by Gasteiger charge is -2.09. The average molecular weight is 282 g/mol. The van der Waals surface area contributed by atoms with Crippen LogP contribution in [0.4, 0.5) is 5.69 Å². The molecule has 0 atom stereocenters. The Morgan fingerprint density at radius 2 is 1.76 bits per heavy atom. The van der Waals surface area contributed by atoms with Crippen molar-refractivity contribution < 1.29 is 0 Å². The van der Waals surface area contributed by atoms with Crippen molar-refractivity contribution >= 4 is 16.6 Å². The molecule has 1 aromatic carbocycles. The van der Waals surface area contributed by atoms with E-state index >= 15 is 0 Å². The van der Waals surface area contributed by atoms with Crippen molar-refractivity contribution in [1.82, 2.24) is 14.1 Å². The summed E-state index contributed by atoms with van der Waals surface area (Å²) >= 11 is 0. The molecule has 2 aromatic heterocycles. The number of aromatic nitrogens is 3. The molecule has 3 aromatic rings. The Kier molecular flexibility index (Phi) is 3.27. The number of nitrogen functional groups attached to an aromatic ring is 1. The van der Waals surface area contributed by atoms with Gasteiger partial charge in [0.15, 0.2) is 0 Å². The number of para-hydroxylation sites is 1. The number of nitrogens with two attached hydrogens (primary N) is 1. The lowest BCUT2D eigenvalue weighted by atomic mass is 10.2. The lowest BCUT2D eigenvalue weighted by Crippen LogP contribution is -2.26. The van der Waals surface area contributed by atoms with Crippen LogP contribution in [-0.4, -0.2) is 14.1 Å². The number of nitrogens with zero attached hydrogens (tertiary/aromatic N) is 3. The van der Waals surface area contributed by atoms with Gasteiger partial charge in [0.2, 0.25) is 0 Å². The second-order valence-electron chi connectivity index (χ2n) is 4.75. The molecular weight excluding hydrogens is 268 g/mol. The molecule has 6 heteroatoms. The molecule has 3 rings (SSSR count). The van der Waals surface area contributed by atoms with Crippen molar-refractivity contribution in [3.63, 3.8) is 0 Å². The number of benzene rings is 1. The van der Waals surface area contributed by atoms with Crippen molar-refractivity contribution in [1.29, 1.82) is 0 Å². The maximum Gasteiger partial charge on any atom is 0.261 e. The van der Waals surface area contributed by atoms with E-state index in [0.29, 0.717) is 29.7 Å². The Morgan fingerprint density at radius 3 is 2.62 bits per heavy atom. The van der Waals surface area contributed by atoms with E-state index in [1.54, 1.807) is 30.5 Å². The van der Waals surface area contributed by atoms with Crippen molar-refractivity contribution in [2.75, 3.05) is 5.73 Å². The SMILES string of the molecule is Nc1ccc(=O)n(CCn2cnc3ccccc3c2=O)c1. The molecule has 21 heavy (non-hydrogen) atoms. The van der Waals surface area contributed by atoms with E-state index in [1.807, 2.05) is 6.07 Å². The van der Waals surface area contributed by atoms with Gasteiger partial charge in [-0.25, -0.2) is 4.98 Å². The normalized spacial score (nSPS) is 10.9. The summed E-state index contributed by atoms with van der Waals surface area (Å²) in [6.45, 7) is 0.726. The minimum atomic E-state index is -0.147. The Morgan fingerprint density at radius 1 is 1.00 bits per heavy atom. The minimum Gasteiger partial charge on any atom is -0.398 e. The van der Waals surface area contributed by atoms with Crippen LogP contribution in [0.1, 0.15) is 0 Å². The summed E-state index contributed by atoms with van der Waals surface area (Å²) in [5.41, 5.74) is 6.58. The molecule has 0 fully saturated rings. The van der Waals surface area contributed by atoms with Gasteiger partial charge >= 0.3 is 0 Å². The fourth-order valence-electron chi connectivity index (χ4n) is 2.21. The molecule has 0 spiro atoms. The van der Waals surface area contributed by atoms with Gasteiger partial charge < -0.3 is 10.3 Å². The Hall–Kier alpha value is -2.89. The summed E-state index contributed by atoms with van der Waals surface area (Å²) in [5.74, 6) is 0. The van der Waals surface area contributed by atoms with E-state index < -0.39 is 0 Å². The number of hydrogen-bond acceptors (Lipinski definition) is 4. The molecule has 6 nitrogen and oxygen atoms in total. The van der Waals surface area contributed by atoms with Crippen LogP contribution < -0.4 is 16.9 Å². The molecule has 0 unspecified atom stereocenters. The zero-order valence-electron chi connectivity index (χ0n) is 11.3. The number of anilines is 1. The van der Waals surface area contributed by atoms with Gasteiger partial charge in [0.05, 0.1) is 17.2 Å². The van der Waals surface area contributed by atoms with Crippen LogP contribution in [-0.2, 0) is 13.1 Å². The Bertz CT molecular complexity index is 911. The highest BCUT2D eigenvalue weighted by Crippen LogP contribution is 2.04. The third kappa shape index (κ3) is 2.55. The van der Waals surface area contributed by atoms with Crippen LogP contribution in [0.3, 0.4) is 0 Å². The van der Waals surface area contributed by atoms with Crippen molar-refractivity contribution in [3.8, 4) is 0 Å². The molecule has 0 aliphatic carbocycles. The third-order valence-corrected chi connectivity index (χ3v) is 3.32. The minimum absolute atomic E-state index is 0.113. The van der Waals surface area contributed by atoms with Gasteiger partial charge in [-0.1, -0.05) is 12.1 Å². The van der Waals surface area contributed by atoms with Gasteiger partial charge in [0, 0.05) is 31.0 Å². The fourth-order valence-corrected chi connectivity index (χ4v) is 2.21. The van der Waals surface area contributed by atoms with E-state index in [-0.39, 0.29) is 11.1 Å². The second kappa shape index (κ2) is 5.24. The highest BCUT2D eigenvalue weighted by molar-refractivity contribution is 5.76. The monoisotopic (exact) mass is 282 g/mol. The Balaban J connectivity index is 1.92. The van der Waals surface area contributed by atoms with E-state index in [9.17, 15) is 9.59 Å². The molecule has 0 radical (unpaired) electrons. The zero-order valence-corrected chi connectivity index (χ0v) is 11.3. The largest absolute Gasteiger partial charge is 0.398 e. The van der Waals surface area contributed by atoms with E-state index in [1.165, 1.54) is 21.5 Å². The number of rotatable bonds is 3. The molecule has 0 saturated heterocycles. The highest BCUT2D eigenvalue weighted by atomic mass is 16.1. The predicted molar refractivity (Wildman–Crippen MR) is 81.1 cm³/mol. The number of pyridine rings is 1. The molecule has 0 amide bonds. The van der Waals surface area contributed by atoms with Crippen LogP contribution in [0.15, 0.2) is 58.5 Å². The van der Waals surface area contributed by atoms with Gasteiger partial charge in [-0.15, -0.1) is 0 Å². The van der Waals surface area contributed by atoms with Crippen molar-refractivity contribution in [2.45, 2.75) is 13.1 Å².